The standard InChI is InChI=1S/C13H19N3S2/c1-16(11-6-3-2-4-7-11)13(17)15-14-10-12-8-5-9-18-12/h5,8-11H,2-4,6-7H2,1H3,(H,15,17)/b14-10-. The number of hydrogen-bond acceptors (Lipinski definition) is 3. The Morgan fingerprint density at radius 3 is 2.94 bits per heavy atom. The smallest absolute Gasteiger partial charge is 0.189 e. The number of nitrogens with zero attached hydrogens (tertiary/aromatic N) is 2. The van der Waals surface area contributed by atoms with Gasteiger partial charge >= 0.3 is 0 Å². The van der Waals surface area contributed by atoms with Gasteiger partial charge in [-0.25, -0.2) is 0 Å². The van der Waals surface area contributed by atoms with Crippen molar-refractivity contribution in [3.63, 3.8) is 0 Å². The first-order valence-corrected chi connectivity index (χ1v) is 7.65. The second kappa shape index (κ2) is 6.85. The van der Waals surface area contributed by atoms with E-state index in [0.29, 0.717) is 6.04 Å². The molecule has 0 aromatic carbocycles. The molecule has 1 heterocycles. The molecule has 0 atom stereocenters. The summed E-state index contributed by atoms with van der Waals surface area (Å²) in [6.07, 6.45) is 8.29. The highest BCUT2D eigenvalue weighted by molar-refractivity contribution is 7.80. The molecular weight excluding hydrogens is 262 g/mol. The summed E-state index contributed by atoms with van der Waals surface area (Å²) in [5.41, 5.74) is 2.95. The van der Waals surface area contributed by atoms with Crippen LogP contribution in [0.1, 0.15) is 37.0 Å². The first-order valence-electron chi connectivity index (χ1n) is 6.37. The summed E-state index contributed by atoms with van der Waals surface area (Å²) < 4.78 is 0. The van der Waals surface area contributed by atoms with E-state index < -0.39 is 0 Å². The van der Waals surface area contributed by atoms with Crippen molar-refractivity contribution >= 4 is 34.9 Å². The molecule has 0 aliphatic heterocycles. The van der Waals surface area contributed by atoms with E-state index in [1.165, 1.54) is 32.1 Å². The van der Waals surface area contributed by atoms with Gasteiger partial charge in [-0.1, -0.05) is 25.3 Å². The SMILES string of the molecule is CN(C(=S)N/N=C\c1cccs1)C1CCCCC1. The lowest BCUT2D eigenvalue weighted by Gasteiger charge is -2.32. The van der Waals surface area contributed by atoms with Crippen molar-refractivity contribution in [1.29, 1.82) is 0 Å². The maximum atomic E-state index is 5.36. The molecule has 98 valence electrons. The summed E-state index contributed by atoms with van der Waals surface area (Å²) >= 11 is 7.02. The molecule has 1 aromatic heterocycles. The van der Waals surface area contributed by atoms with E-state index in [0.717, 1.165) is 9.99 Å². The van der Waals surface area contributed by atoms with Crippen LogP contribution in [0.4, 0.5) is 0 Å². The fraction of sp³-hybridized carbons (Fsp3) is 0.538. The first kappa shape index (κ1) is 13.5. The number of hydrazone groups is 1. The molecule has 5 heteroatoms. The lowest BCUT2D eigenvalue weighted by Crippen LogP contribution is -2.42. The molecule has 1 saturated carbocycles. The molecule has 3 nitrogen and oxygen atoms in total. The molecule has 0 saturated heterocycles. The highest BCUT2D eigenvalue weighted by atomic mass is 32.1. The highest BCUT2D eigenvalue weighted by Gasteiger charge is 2.19. The minimum atomic E-state index is 0.579. The molecule has 0 amide bonds. The van der Waals surface area contributed by atoms with Crippen LogP contribution in [0.5, 0.6) is 0 Å². The third-order valence-electron chi connectivity index (χ3n) is 3.34. The zero-order valence-corrected chi connectivity index (χ0v) is 12.3. The van der Waals surface area contributed by atoms with Gasteiger partial charge in [0.2, 0.25) is 0 Å². The van der Waals surface area contributed by atoms with E-state index in [1.807, 2.05) is 23.7 Å². The van der Waals surface area contributed by atoms with Gasteiger partial charge in [0, 0.05) is 18.0 Å². The molecule has 1 fully saturated rings. The average molecular weight is 281 g/mol. The van der Waals surface area contributed by atoms with E-state index >= 15 is 0 Å². The van der Waals surface area contributed by atoms with Crippen LogP contribution in [0.15, 0.2) is 22.6 Å². The van der Waals surface area contributed by atoms with Crippen LogP contribution in [0.2, 0.25) is 0 Å². The van der Waals surface area contributed by atoms with E-state index in [1.54, 1.807) is 11.3 Å². The van der Waals surface area contributed by atoms with Crippen LogP contribution >= 0.6 is 23.6 Å². The van der Waals surface area contributed by atoms with Crippen molar-refractivity contribution in [3.05, 3.63) is 22.4 Å². The van der Waals surface area contributed by atoms with Gasteiger partial charge in [0.15, 0.2) is 5.11 Å². The fourth-order valence-corrected chi connectivity index (χ4v) is 3.02. The van der Waals surface area contributed by atoms with Crippen LogP contribution in [-0.2, 0) is 0 Å². The first-order chi connectivity index (χ1) is 8.77. The van der Waals surface area contributed by atoms with Gasteiger partial charge in [-0.2, -0.15) is 5.10 Å². The summed E-state index contributed by atoms with van der Waals surface area (Å²) in [4.78, 5) is 3.28. The van der Waals surface area contributed by atoms with Gasteiger partial charge in [0.1, 0.15) is 0 Å². The van der Waals surface area contributed by atoms with Crippen LogP contribution in [0.25, 0.3) is 0 Å². The van der Waals surface area contributed by atoms with E-state index in [2.05, 4.69) is 22.5 Å². The third kappa shape index (κ3) is 3.78. The lowest BCUT2D eigenvalue weighted by atomic mass is 9.95. The van der Waals surface area contributed by atoms with Crippen molar-refractivity contribution in [1.82, 2.24) is 10.3 Å². The molecule has 1 N–H and O–H groups in total. The minimum Gasteiger partial charge on any atom is -0.348 e. The summed E-state index contributed by atoms with van der Waals surface area (Å²) in [5.74, 6) is 0. The molecule has 1 aliphatic carbocycles. The molecule has 2 rings (SSSR count). The molecule has 1 aliphatic rings. The van der Waals surface area contributed by atoms with Crippen molar-refractivity contribution in [2.24, 2.45) is 5.10 Å². The largest absolute Gasteiger partial charge is 0.348 e. The maximum absolute atomic E-state index is 5.36. The molecule has 0 radical (unpaired) electrons. The van der Waals surface area contributed by atoms with E-state index in [-0.39, 0.29) is 0 Å². The average Bonchev–Trinajstić information content (AvgIpc) is 2.92. The van der Waals surface area contributed by atoms with Gasteiger partial charge in [-0.3, -0.25) is 5.43 Å². The second-order valence-corrected chi connectivity index (χ2v) is 5.96. The van der Waals surface area contributed by atoms with Gasteiger partial charge in [-0.05, 0) is 36.5 Å². The molecule has 0 spiro atoms. The Balaban J connectivity index is 1.80. The van der Waals surface area contributed by atoms with Gasteiger partial charge in [0.25, 0.3) is 0 Å². The summed E-state index contributed by atoms with van der Waals surface area (Å²) in [6.45, 7) is 0. The summed E-state index contributed by atoms with van der Waals surface area (Å²) in [5, 5.41) is 6.94. The predicted molar refractivity (Wildman–Crippen MR) is 82.3 cm³/mol. The Kier molecular flexibility index (Phi) is 5.13. The number of nitrogens with one attached hydrogen (secondary N) is 1. The quantitative estimate of drug-likeness (QED) is 0.524. The number of thiocarbonyl (C=S) groups is 1. The van der Waals surface area contributed by atoms with Crippen LogP contribution < -0.4 is 5.43 Å². The van der Waals surface area contributed by atoms with Crippen molar-refractivity contribution in [2.45, 2.75) is 38.1 Å². The minimum absolute atomic E-state index is 0.579. The third-order valence-corrected chi connectivity index (χ3v) is 4.52. The maximum Gasteiger partial charge on any atom is 0.189 e. The van der Waals surface area contributed by atoms with Gasteiger partial charge in [-0.15, -0.1) is 11.3 Å². The normalized spacial score (nSPS) is 16.9. The molecule has 0 bridgehead atoms. The summed E-state index contributed by atoms with van der Waals surface area (Å²) in [6, 6.07) is 4.62. The van der Waals surface area contributed by atoms with Crippen LogP contribution in [0.3, 0.4) is 0 Å². The number of rotatable bonds is 3. The molecule has 1 aromatic rings. The highest BCUT2D eigenvalue weighted by Crippen LogP contribution is 2.21. The molecule has 0 unspecified atom stereocenters. The Morgan fingerprint density at radius 2 is 2.28 bits per heavy atom. The van der Waals surface area contributed by atoms with Gasteiger partial charge < -0.3 is 4.90 Å². The van der Waals surface area contributed by atoms with Crippen molar-refractivity contribution < 1.29 is 0 Å². The van der Waals surface area contributed by atoms with Crippen LogP contribution in [0, 0.1) is 0 Å². The Hall–Kier alpha value is -0.940. The fourth-order valence-electron chi connectivity index (χ4n) is 2.23. The second-order valence-electron chi connectivity index (χ2n) is 4.59. The summed E-state index contributed by atoms with van der Waals surface area (Å²) in [7, 11) is 2.06. The molecule has 18 heavy (non-hydrogen) atoms. The zero-order chi connectivity index (χ0) is 12.8. The topological polar surface area (TPSA) is 27.6 Å². The van der Waals surface area contributed by atoms with E-state index in [9.17, 15) is 0 Å². The zero-order valence-electron chi connectivity index (χ0n) is 10.6. The Morgan fingerprint density at radius 1 is 1.50 bits per heavy atom. The Labute approximate surface area is 118 Å². The van der Waals surface area contributed by atoms with Crippen molar-refractivity contribution in [3.8, 4) is 0 Å². The molecular formula is C13H19N3S2. The lowest BCUT2D eigenvalue weighted by molar-refractivity contribution is 0.276. The number of thiophene rings is 1. The Bertz CT molecular complexity index is 394. The van der Waals surface area contributed by atoms with Crippen LogP contribution in [-0.4, -0.2) is 29.3 Å². The van der Waals surface area contributed by atoms with Gasteiger partial charge in [0.05, 0.1) is 6.21 Å². The monoisotopic (exact) mass is 281 g/mol. The number of hydrogen-bond donors (Lipinski definition) is 1. The predicted octanol–water partition coefficient (Wildman–Crippen LogP) is 3.22. The van der Waals surface area contributed by atoms with Crippen molar-refractivity contribution in [2.75, 3.05) is 7.05 Å². The van der Waals surface area contributed by atoms with E-state index in [4.69, 9.17) is 12.2 Å².